The fraction of sp³-hybridized carbons (Fsp3) is 0.421. The zero-order chi connectivity index (χ0) is 16.5. The molecule has 0 aliphatic heterocycles. The quantitative estimate of drug-likeness (QED) is 0.339. The second kappa shape index (κ2) is 9.03. The number of para-hydroxylation sites is 1. The van der Waals surface area contributed by atoms with Gasteiger partial charge in [0.1, 0.15) is 0 Å². The van der Waals surface area contributed by atoms with Crippen molar-refractivity contribution in [3.8, 4) is 0 Å². The van der Waals surface area contributed by atoms with Gasteiger partial charge in [-0.2, -0.15) is 0 Å². The second-order valence-electron chi connectivity index (χ2n) is 5.70. The summed E-state index contributed by atoms with van der Waals surface area (Å²) < 4.78 is 0. The van der Waals surface area contributed by atoms with Crippen LogP contribution in [0.5, 0.6) is 0 Å². The highest BCUT2D eigenvalue weighted by atomic mass is 15.3. The van der Waals surface area contributed by atoms with Crippen LogP contribution in [0.15, 0.2) is 48.1 Å². The Bertz CT molecular complexity index is 642. The molecule has 1 aromatic carbocycles. The van der Waals surface area contributed by atoms with Gasteiger partial charge >= 0.3 is 0 Å². The molecule has 124 valence electrons. The predicted octanol–water partition coefficient (Wildman–Crippen LogP) is 3.57. The summed E-state index contributed by atoms with van der Waals surface area (Å²) in [7, 11) is 2.09. The Morgan fingerprint density at radius 3 is 3.00 bits per heavy atom. The summed E-state index contributed by atoms with van der Waals surface area (Å²) in [6.45, 7) is 8.54. The number of aromatic nitrogens is 1. The second-order valence-corrected chi connectivity index (χ2v) is 5.70. The van der Waals surface area contributed by atoms with Crippen LogP contribution in [0.25, 0.3) is 10.9 Å². The van der Waals surface area contributed by atoms with Crippen LogP contribution in [-0.4, -0.2) is 42.5 Å². The average molecular weight is 312 g/mol. The molecule has 0 aliphatic carbocycles. The van der Waals surface area contributed by atoms with Gasteiger partial charge in [-0.05, 0) is 37.8 Å². The molecule has 0 aliphatic rings. The standard InChI is InChI=1S/C19H28N4/c1-4-6-9-14-23(3)19(20-5-2)21-13-12-16-15-22-18-11-8-7-10-17(16)18/h4,7-8,10-11,15,22H,1,5-6,9,12-14H2,2-3H3,(H,20,21). The van der Waals surface area contributed by atoms with Crippen LogP contribution >= 0.6 is 0 Å². The lowest BCUT2D eigenvalue weighted by atomic mass is 10.1. The topological polar surface area (TPSA) is 43.4 Å². The average Bonchev–Trinajstić information content (AvgIpc) is 2.97. The Kier molecular flexibility index (Phi) is 6.73. The van der Waals surface area contributed by atoms with E-state index in [9.17, 15) is 0 Å². The molecule has 4 nitrogen and oxygen atoms in total. The van der Waals surface area contributed by atoms with Crippen molar-refractivity contribution >= 4 is 16.9 Å². The van der Waals surface area contributed by atoms with E-state index in [-0.39, 0.29) is 0 Å². The van der Waals surface area contributed by atoms with Crippen molar-refractivity contribution in [3.05, 3.63) is 48.7 Å². The molecule has 0 atom stereocenters. The molecule has 0 fully saturated rings. The fourth-order valence-electron chi connectivity index (χ4n) is 2.67. The zero-order valence-electron chi connectivity index (χ0n) is 14.3. The number of hydrogen-bond donors (Lipinski definition) is 2. The Morgan fingerprint density at radius 1 is 1.39 bits per heavy atom. The highest BCUT2D eigenvalue weighted by molar-refractivity contribution is 5.83. The minimum atomic E-state index is 0.788. The molecule has 0 unspecified atom stereocenters. The van der Waals surface area contributed by atoms with Gasteiger partial charge in [-0.25, -0.2) is 0 Å². The highest BCUT2D eigenvalue weighted by Gasteiger charge is 2.06. The minimum absolute atomic E-state index is 0.788. The third-order valence-corrected chi connectivity index (χ3v) is 3.92. The van der Waals surface area contributed by atoms with Gasteiger partial charge in [-0.1, -0.05) is 24.3 Å². The van der Waals surface area contributed by atoms with Gasteiger partial charge in [0.05, 0.1) is 0 Å². The van der Waals surface area contributed by atoms with Crippen LogP contribution < -0.4 is 5.32 Å². The number of nitrogens with one attached hydrogen (secondary N) is 2. The molecular formula is C19H28N4. The number of fused-ring (bicyclic) bond motifs is 1. The first kappa shape index (κ1) is 17.1. The van der Waals surface area contributed by atoms with Gasteiger partial charge in [0.25, 0.3) is 0 Å². The van der Waals surface area contributed by atoms with E-state index in [1.54, 1.807) is 0 Å². The van der Waals surface area contributed by atoms with Gasteiger partial charge < -0.3 is 15.2 Å². The molecule has 0 radical (unpaired) electrons. The molecule has 0 saturated heterocycles. The van der Waals surface area contributed by atoms with Gasteiger partial charge in [-0.15, -0.1) is 6.58 Å². The lowest BCUT2D eigenvalue weighted by Crippen LogP contribution is -2.39. The molecule has 1 heterocycles. The highest BCUT2D eigenvalue weighted by Crippen LogP contribution is 2.17. The van der Waals surface area contributed by atoms with E-state index >= 15 is 0 Å². The first-order valence-electron chi connectivity index (χ1n) is 8.41. The number of aromatic amines is 1. The maximum Gasteiger partial charge on any atom is 0.193 e. The SMILES string of the molecule is C=CCCCN(C)C(=NCCc1c[nH]c2ccccc12)NCC. The number of benzene rings is 1. The Hall–Kier alpha value is -2.23. The zero-order valence-corrected chi connectivity index (χ0v) is 14.3. The summed E-state index contributed by atoms with van der Waals surface area (Å²) in [6, 6.07) is 8.42. The lowest BCUT2D eigenvalue weighted by Gasteiger charge is -2.21. The first-order chi connectivity index (χ1) is 11.3. The monoisotopic (exact) mass is 312 g/mol. The first-order valence-corrected chi connectivity index (χ1v) is 8.41. The van der Waals surface area contributed by atoms with Crippen LogP contribution in [0.4, 0.5) is 0 Å². The number of unbranched alkanes of at least 4 members (excludes halogenated alkanes) is 1. The molecular weight excluding hydrogens is 284 g/mol. The van der Waals surface area contributed by atoms with Gasteiger partial charge in [0, 0.05) is 43.8 Å². The van der Waals surface area contributed by atoms with E-state index in [4.69, 9.17) is 4.99 Å². The molecule has 0 saturated carbocycles. The Morgan fingerprint density at radius 2 is 2.22 bits per heavy atom. The molecule has 2 aromatic rings. The van der Waals surface area contributed by atoms with Crippen molar-refractivity contribution in [1.82, 2.24) is 15.2 Å². The summed E-state index contributed by atoms with van der Waals surface area (Å²) in [5.41, 5.74) is 2.52. The Labute approximate surface area is 139 Å². The largest absolute Gasteiger partial charge is 0.361 e. The maximum absolute atomic E-state index is 4.77. The van der Waals surface area contributed by atoms with E-state index in [0.717, 1.165) is 44.9 Å². The fourth-order valence-corrected chi connectivity index (χ4v) is 2.67. The number of H-pyrrole nitrogens is 1. The third-order valence-electron chi connectivity index (χ3n) is 3.92. The van der Waals surface area contributed by atoms with Gasteiger partial charge in [0.15, 0.2) is 5.96 Å². The summed E-state index contributed by atoms with van der Waals surface area (Å²) in [4.78, 5) is 10.3. The Balaban J connectivity index is 1.95. The number of nitrogens with zero attached hydrogens (tertiary/aromatic N) is 2. The van der Waals surface area contributed by atoms with Crippen molar-refractivity contribution in [1.29, 1.82) is 0 Å². The van der Waals surface area contributed by atoms with E-state index in [2.05, 4.69) is 66.2 Å². The van der Waals surface area contributed by atoms with Crippen LogP contribution in [0.3, 0.4) is 0 Å². The van der Waals surface area contributed by atoms with Crippen molar-refractivity contribution in [2.75, 3.05) is 26.7 Å². The van der Waals surface area contributed by atoms with Crippen molar-refractivity contribution in [2.24, 2.45) is 4.99 Å². The summed E-state index contributed by atoms with van der Waals surface area (Å²) in [5.74, 6) is 0.983. The molecule has 1 aromatic heterocycles. The minimum Gasteiger partial charge on any atom is -0.361 e. The third kappa shape index (κ3) is 4.88. The molecule has 0 spiro atoms. The van der Waals surface area contributed by atoms with Crippen LogP contribution in [0, 0.1) is 0 Å². The van der Waals surface area contributed by atoms with Crippen molar-refractivity contribution < 1.29 is 0 Å². The number of allylic oxidation sites excluding steroid dienone is 1. The van der Waals surface area contributed by atoms with Gasteiger partial charge in [0.2, 0.25) is 0 Å². The predicted molar refractivity (Wildman–Crippen MR) is 100 cm³/mol. The van der Waals surface area contributed by atoms with E-state index in [1.807, 2.05) is 6.08 Å². The molecule has 23 heavy (non-hydrogen) atoms. The van der Waals surface area contributed by atoms with Gasteiger partial charge in [-0.3, -0.25) is 4.99 Å². The van der Waals surface area contributed by atoms with Crippen LogP contribution in [-0.2, 0) is 6.42 Å². The number of rotatable bonds is 8. The molecule has 4 heteroatoms. The van der Waals surface area contributed by atoms with E-state index in [1.165, 1.54) is 16.5 Å². The number of aliphatic imine (C=N–C) groups is 1. The van der Waals surface area contributed by atoms with Crippen molar-refractivity contribution in [3.63, 3.8) is 0 Å². The smallest absolute Gasteiger partial charge is 0.193 e. The summed E-state index contributed by atoms with van der Waals surface area (Å²) in [6.07, 6.45) is 7.15. The summed E-state index contributed by atoms with van der Waals surface area (Å²) >= 11 is 0. The van der Waals surface area contributed by atoms with Crippen LogP contribution in [0.2, 0.25) is 0 Å². The van der Waals surface area contributed by atoms with Crippen LogP contribution in [0.1, 0.15) is 25.3 Å². The number of hydrogen-bond acceptors (Lipinski definition) is 1. The maximum atomic E-state index is 4.77. The lowest BCUT2D eigenvalue weighted by molar-refractivity contribution is 0.470. The van der Waals surface area contributed by atoms with Crippen molar-refractivity contribution in [2.45, 2.75) is 26.2 Å². The molecule has 0 amide bonds. The van der Waals surface area contributed by atoms with E-state index < -0.39 is 0 Å². The molecule has 2 rings (SSSR count). The normalized spacial score (nSPS) is 11.7. The molecule has 0 bridgehead atoms. The molecule has 2 N–H and O–H groups in total. The number of guanidine groups is 1. The summed E-state index contributed by atoms with van der Waals surface area (Å²) in [5, 5.41) is 4.67. The van der Waals surface area contributed by atoms with E-state index in [0.29, 0.717) is 0 Å².